The minimum Gasteiger partial charge on any atom is -0.352 e. The fourth-order valence-corrected chi connectivity index (χ4v) is 2.11. The summed E-state index contributed by atoms with van der Waals surface area (Å²) in [5, 5.41) is 5.63. The highest BCUT2D eigenvalue weighted by molar-refractivity contribution is 6.02. The van der Waals surface area contributed by atoms with Gasteiger partial charge in [-0.3, -0.25) is 9.59 Å². The first-order valence-electron chi connectivity index (χ1n) is 8.11. The van der Waals surface area contributed by atoms with Crippen LogP contribution in [0.1, 0.15) is 35.7 Å². The van der Waals surface area contributed by atoms with Crippen molar-refractivity contribution < 1.29 is 9.59 Å². The Balaban J connectivity index is 1.88. The molecule has 0 saturated carbocycles. The molecule has 124 valence electrons. The Morgan fingerprint density at radius 1 is 1.00 bits per heavy atom. The summed E-state index contributed by atoms with van der Waals surface area (Å²) in [6.45, 7) is 2.76. The molecule has 2 aromatic rings. The summed E-state index contributed by atoms with van der Waals surface area (Å²) in [6, 6.07) is 16.5. The summed E-state index contributed by atoms with van der Waals surface area (Å²) >= 11 is 0. The van der Waals surface area contributed by atoms with E-state index < -0.39 is 0 Å². The smallest absolute Gasteiger partial charge is 0.251 e. The van der Waals surface area contributed by atoms with E-state index in [1.54, 1.807) is 30.3 Å². The van der Waals surface area contributed by atoms with Crippen molar-refractivity contribution in [3.05, 3.63) is 71.8 Å². The average Bonchev–Trinajstić information content (AvgIpc) is 2.61. The van der Waals surface area contributed by atoms with Gasteiger partial charge >= 0.3 is 0 Å². The van der Waals surface area contributed by atoms with Gasteiger partial charge in [0.25, 0.3) is 5.91 Å². The van der Waals surface area contributed by atoms with E-state index in [-0.39, 0.29) is 11.8 Å². The summed E-state index contributed by atoms with van der Waals surface area (Å²) in [5.41, 5.74) is 2.21. The Morgan fingerprint density at radius 2 is 1.71 bits per heavy atom. The van der Waals surface area contributed by atoms with Gasteiger partial charge in [0.1, 0.15) is 0 Å². The quantitative estimate of drug-likeness (QED) is 0.600. The molecule has 0 heterocycles. The molecular weight excluding hydrogens is 300 g/mol. The van der Waals surface area contributed by atoms with Crippen molar-refractivity contribution in [3.63, 3.8) is 0 Å². The third-order valence-corrected chi connectivity index (χ3v) is 3.46. The largest absolute Gasteiger partial charge is 0.352 e. The van der Waals surface area contributed by atoms with Crippen molar-refractivity contribution in [2.75, 3.05) is 11.9 Å². The molecule has 0 bridgehead atoms. The minimum atomic E-state index is -0.209. The predicted molar refractivity (Wildman–Crippen MR) is 97.8 cm³/mol. The molecule has 0 fully saturated rings. The molecule has 4 nitrogen and oxygen atoms in total. The molecular formula is C20H22N2O2. The van der Waals surface area contributed by atoms with E-state index in [0.717, 1.165) is 18.4 Å². The van der Waals surface area contributed by atoms with Crippen molar-refractivity contribution in [3.8, 4) is 0 Å². The zero-order valence-corrected chi connectivity index (χ0v) is 13.8. The molecule has 0 saturated heterocycles. The number of carbonyl (C=O) groups excluding carboxylic acids is 2. The van der Waals surface area contributed by atoms with E-state index in [2.05, 4.69) is 17.6 Å². The number of benzene rings is 2. The van der Waals surface area contributed by atoms with Crippen LogP contribution in [0.4, 0.5) is 5.69 Å². The highest BCUT2D eigenvalue weighted by Gasteiger charge is 2.05. The van der Waals surface area contributed by atoms with E-state index in [4.69, 9.17) is 0 Å². The van der Waals surface area contributed by atoms with Crippen LogP contribution in [0, 0.1) is 0 Å². The molecule has 2 amide bonds. The van der Waals surface area contributed by atoms with Crippen LogP contribution in [0.25, 0.3) is 6.08 Å². The Bertz CT molecular complexity index is 691. The summed E-state index contributed by atoms with van der Waals surface area (Å²) in [5.74, 6) is -0.302. The monoisotopic (exact) mass is 322 g/mol. The maximum Gasteiger partial charge on any atom is 0.251 e. The Kier molecular flexibility index (Phi) is 6.77. The Morgan fingerprint density at radius 3 is 2.38 bits per heavy atom. The summed E-state index contributed by atoms with van der Waals surface area (Å²) in [6.07, 6.45) is 5.25. The number of rotatable bonds is 7. The molecule has 2 N–H and O–H groups in total. The molecule has 2 rings (SSSR count). The van der Waals surface area contributed by atoms with E-state index in [9.17, 15) is 9.59 Å². The third kappa shape index (κ3) is 5.72. The molecule has 24 heavy (non-hydrogen) atoms. The van der Waals surface area contributed by atoms with E-state index in [1.165, 1.54) is 6.08 Å². The lowest BCUT2D eigenvalue weighted by atomic mass is 10.2. The van der Waals surface area contributed by atoms with Gasteiger partial charge in [-0.05, 0) is 42.3 Å². The first-order valence-corrected chi connectivity index (χ1v) is 8.11. The van der Waals surface area contributed by atoms with Crippen LogP contribution in [-0.2, 0) is 4.79 Å². The molecule has 0 aromatic heterocycles. The lowest BCUT2D eigenvalue weighted by molar-refractivity contribution is -0.111. The molecule has 0 aliphatic carbocycles. The standard InChI is InChI=1S/C20H22N2O2/c1-2-3-15-21-20(24)17-10-12-18(13-11-17)22-19(23)14-9-16-7-5-4-6-8-16/h4-14H,2-3,15H2,1H3,(H,21,24)(H,22,23)/b14-9+. The number of unbranched alkanes of at least 4 members (excludes halogenated alkanes) is 1. The lowest BCUT2D eigenvalue weighted by Gasteiger charge is -2.06. The van der Waals surface area contributed by atoms with Gasteiger partial charge < -0.3 is 10.6 Å². The van der Waals surface area contributed by atoms with Crippen LogP contribution in [0.2, 0.25) is 0 Å². The van der Waals surface area contributed by atoms with Gasteiger partial charge in [0.05, 0.1) is 0 Å². The zero-order chi connectivity index (χ0) is 17.2. The summed E-state index contributed by atoms with van der Waals surface area (Å²) in [4.78, 5) is 23.8. The maximum atomic E-state index is 11.9. The minimum absolute atomic E-state index is 0.0923. The van der Waals surface area contributed by atoms with Crippen LogP contribution >= 0.6 is 0 Å². The molecule has 0 radical (unpaired) electrons. The second-order valence-corrected chi connectivity index (χ2v) is 5.42. The number of carbonyl (C=O) groups is 2. The maximum absolute atomic E-state index is 11.9. The highest BCUT2D eigenvalue weighted by Crippen LogP contribution is 2.10. The van der Waals surface area contributed by atoms with Crippen molar-refractivity contribution >= 4 is 23.6 Å². The van der Waals surface area contributed by atoms with Gasteiger partial charge in [-0.25, -0.2) is 0 Å². The number of hydrogen-bond donors (Lipinski definition) is 2. The topological polar surface area (TPSA) is 58.2 Å². The van der Waals surface area contributed by atoms with Gasteiger partial charge in [0.15, 0.2) is 0 Å². The fraction of sp³-hybridized carbons (Fsp3) is 0.200. The molecule has 0 aliphatic heterocycles. The number of amides is 2. The van der Waals surface area contributed by atoms with E-state index in [1.807, 2.05) is 30.3 Å². The van der Waals surface area contributed by atoms with Gasteiger partial charge in [0.2, 0.25) is 5.91 Å². The highest BCUT2D eigenvalue weighted by atomic mass is 16.2. The van der Waals surface area contributed by atoms with Crippen LogP contribution in [-0.4, -0.2) is 18.4 Å². The zero-order valence-electron chi connectivity index (χ0n) is 13.8. The summed E-state index contributed by atoms with van der Waals surface area (Å²) < 4.78 is 0. The van der Waals surface area contributed by atoms with Gasteiger partial charge in [-0.15, -0.1) is 0 Å². The predicted octanol–water partition coefficient (Wildman–Crippen LogP) is 3.87. The molecule has 0 atom stereocenters. The molecule has 0 unspecified atom stereocenters. The Hall–Kier alpha value is -2.88. The van der Waals surface area contributed by atoms with Crippen molar-refractivity contribution in [2.24, 2.45) is 0 Å². The average molecular weight is 322 g/mol. The molecule has 4 heteroatoms. The molecule has 2 aromatic carbocycles. The van der Waals surface area contributed by atoms with Gasteiger partial charge in [-0.2, -0.15) is 0 Å². The van der Waals surface area contributed by atoms with E-state index >= 15 is 0 Å². The van der Waals surface area contributed by atoms with Gasteiger partial charge in [0, 0.05) is 23.9 Å². The SMILES string of the molecule is CCCCNC(=O)c1ccc(NC(=O)/C=C/c2ccccc2)cc1. The van der Waals surface area contributed by atoms with E-state index in [0.29, 0.717) is 17.8 Å². The second-order valence-electron chi connectivity index (χ2n) is 5.42. The first kappa shape index (κ1) is 17.5. The number of anilines is 1. The first-order chi connectivity index (χ1) is 11.7. The van der Waals surface area contributed by atoms with Crippen molar-refractivity contribution in [1.29, 1.82) is 0 Å². The summed E-state index contributed by atoms with van der Waals surface area (Å²) in [7, 11) is 0. The second kappa shape index (κ2) is 9.30. The third-order valence-electron chi connectivity index (χ3n) is 3.46. The van der Waals surface area contributed by atoms with Crippen LogP contribution in [0.15, 0.2) is 60.7 Å². The lowest BCUT2D eigenvalue weighted by Crippen LogP contribution is -2.24. The fourth-order valence-electron chi connectivity index (χ4n) is 2.11. The van der Waals surface area contributed by atoms with Crippen LogP contribution < -0.4 is 10.6 Å². The van der Waals surface area contributed by atoms with Crippen LogP contribution in [0.3, 0.4) is 0 Å². The number of hydrogen-bond acceptors (Lipinski definition) is 2. The van der Waals surface area contributed by atoms with Crippen molar-refractivity contribution in [1.82, 2.24) is 5.32 Å². The van der Waals surface area contributed by atoms with Gasteiger partial charge in [-0.1, -0.05) is 43.7 Å². The normalized spacial score (nSPS) is 10.5. The Labute approximate surface area is 142 Å². The molecule has 0 aliphatic rings. The number of nitrogens with one attached hydrogen (secondary N) is 2. The van der Waals surface area contributed by atoms with Crippen molar-refractivity contribution in [2.45, 2.75) is 19.8 Å². The molecule has 0 spiro atoms. The van der Waals surface area contributed by atoms with Crippen LogP contribution in [0.5, 0.6) is 0 Å².